The molecule has 0 unspecified atom stereocenters. The maximum atomic E-state index is 12.5. The Kier molecular flexibility index (Phi) is 4.30. The van der Waals surface area contributed by atoms with E-state index < -0.39 is 23.3 Å². The molecule has 0 aliphatic carbocycles. The first-order chi connectivity index (χ1) is 10.3. The lowest BCUT2D eigenvalue weighted by Crippen LogP contribution is -2.15. The highest BCUT2D eigenvalue weighted by Gasteiger charge is 2.30. The fraction of sp³-hybridized carbons (Fsp3) is 0.125. The van der Waals surface area contributed by atoms with Crippen LogP contribution in [0.3, 0.4) is 0 Å². The predicted octanol–water partition coefficient (Wildman–Crippen LogP) is 3.78. The smallest absolute Gasteiger partial charge is 0.416 e. The zero-order chi connectivity index (χ0) is 16.3. The van der Waals surface area contributed by atoms with Crippen LogP contribution in [0.2, 0.25) is 0 Å². The summed E-state index contributed by atoms with van der Waals surface area (Å²) in [5, 5.41) is 0. The number of carbonyl (C=O) groups excluding carboxylic acids is 2. The number of benzene rings is 2. The molecule has 3 nitrogen and oxygen atoms in total. The zero-order valence-corrected chi connectivity index (χ0v) is 11.5. The number of methoxy groups -OCH3 is 1. The van der Waals surface area contributed by atoms with Gasteiger partial charge in [-0.1, -0.05) is 12.1 Å². The molecule has 2 aromatic carbocycles. The molecule has 2 rings (SSSR count). The summed E-state index contributed by atoms with van der Waals surface area (Å²) in [6, 6.07) is 9.41. The first-order valence-corrected chi connectivity index (χ1v) is 6.23. The lowest BCUT2D eigenvalue weighted by atomic mass is 10.0. The van der Waals surface area contributed by atoms with E-state index in [0.717, 1.165) is 24.3 Å². The maximum absolute atomic E-state index is 12.5. The van der Waals surface area contributed by atoms with E-state index in [1.54, 1.807) is 0 Å². The molecule has 0 heterocycles. The molecular weight excluding hydrogens is 297 g/mol. The molecule has 0 amide bonds. The van der Waals surface area contributed by atoms with Crippen LogP contribution in [-0.2, 0) is 6.18 Å². The van der Waals surface area contributed by atoms with Crippen LogP contribution in [-0.4, -0.2) is 18.7 Å². The van der Waals surface area contributed by atoms with Crippen molar-refractivity contribution in [2.24, 2.45) is 0 Å². The first kappa shape index (κ1) is 15.8. The molecule has 0 saturated carbocycles. The molecule has 0 aromatic heterocycles. The lowest BCUT2D eigenvalue weighted by Gasteiger charge is -2.07. The average Bonchev–Trinajstić information content (AvgIpc) is 2.53. The number of hydrogen-bond acceptors (Lipinski definition) is 3. The summed E-state index contributed by atoms with van der Waals surface area (Å²) in [5.41, 5.74) is -0.819. The van der Waals surface area contributed by atoms with Gasteiger partial charge in [-0.2, -0.15) is 13.2 Å². The Morgan fingerprint density at radius 1 is 0.818 bits per heavy atom. The topological polar surface area (TPSA) is 43.4 Å². The van der Waals surface area contributed by atoms with E-state index >= 15 is 0 Å². The van der Waals surface area contributed by atoms with Crippen LogP contribution in [0.25, 0.3) is 0 Å². The van der Waals surface area contributed by atoms with Crippen molar-refractivity contribution in [3.05, 3.63) is 65.2 Å². The van der Waals surface area contributed by atoms with Crippen molar-refractivity contribution in [1.82, 2.24) is 0 Å². The molecule has 22 heavy (non-hydrogen) atoms. The summed E-state index contributed by atoms with van der Waals surface area (Å²) >= 11 is 0. The lowest BCUT2D eigenvalue weighted by molar-refractivity contribution is -0.137. The van der Waals surface area contributed by atoms with Crippen molar-refractivity contribution in [2.45, 2.75) is 6.18 Å². The van der Waals surface area contributed by atoms with Gasteiger partial charge in [0.2, 0.25) is 11.6 Å². The molecule has 0 atom stereocenters. The number of ether oxygens (including phenoxy) is 1. The van der Waals surface area contributed by atoms with Crippen LogP contribution in [0.5, 0.6) is 5.75 Å². The van der Waals surface area contributed by atoms with Gasteiger partial charge in [0.05, 0.1) is 12.7 Å². The second-order valence-electron chi connectivity index (χ2n) is 4.46. The van der Waals surface area contributed by atoms with Crippen LogP contribution in [0.1, 0.15) is 26.3 Å². The second-order valence-corrected chi connectivity index (χ2v) is 4.46. The summed E-state index contributed by atoms with van der Waals surface area (Å²) in [5.74, 6) is -1.13. The minimum atomic E-state index is -4.48. The van der Waals surface area contributed by atoms with Crippen LogP contribution in [0.4, 0.5) is 13.2 Å². The summed E-state index contributed by atoms with van der Waals surface area (Å²) < 4.78 is 42.3. The number of hydrogen-bond donors (Lipinski definition) is 0. The average molecular weight is 308 g/mol. The normalized spacial score (nSPS) is 11.1. The van der Waals surface area contributed by atoms with Crippen molar-refractivity contribution >= 4 is 11.6 Å². The molecule has 6 heteroatoms. The van der Waals surface area contributed by atoms with E-state index in [4.69, 9.17) is 4.74 Å². The molecule has 114 valence electrons. The molecule has 0 radical (unpaired) electrons. The van der Waals surface area contributed by atoms with Gasteiger partial charge in [-0.15, -0.1) is 0 Å². The van der Waals surface area contributed by atoms with Gasteiger partial charge in [0.1, 0.15) is 5.75 Å². The highest BCUT2D eigenvalue weighted by atomic mass is 19.4. The van der Waals surface area contributed by atoms with Gasteiger partial charge in [-0.3, -0.25) is 9.59 Å². The Bertz CT molecular complexity index is 686. The third-order valence-electron chi connectivity index (χ3n) is 3.03. The fourth-order valence-corrected chi connectivity index (χ4v) is 1.82. The van der Waals surface area contributed by atoms with E-state index in [0.29, 0.717) is 5.75 Å². The highest BCUT2D eigenvalue weighted by molar-refractivity contribution is 6.49. The van der Waals surface area contributed by atoms with Crippen LogP contribution < -0.4 is 4.74 Å². The number of Topliss-reactive ketones (excluding diaryl/α,β-unsaturated/α-hetero) is 2. The highest BCUT2D eigenvalue weighted by Crippen LogP contribution is 2.29. The fourth-order valence-electron chi connectivity index (χ4n) is 1.82. The summed E-state index contributed by atoms with van der Waals surface area (Å²) in [4.78, 5) is 24.0. The zero-order valence-electron chi connectivity index (χ0n) is 11.5. The van der Waals surface area contributed by atoms with Crippen LogP contribution >= 0.6 is 0 Å². The van der Waals surface area contributed by atoms with Gasteiger partial charge >= 0.3 is 6.18 Å². The number of rotatable bonds is 4. The van der Waals surface area contributed by atoms with Crippen molar-refractivity contribution in [1.29, 1.82) is 0 Å². The Morgan fingerprint density at radius 3 is 1.59 bits per heavy atom. The van der Waals surface area contributed by atoms with Crippen LogP contribution in [0, 0.1) is 0 Å². The van der Waals surface area contributed by atoms with E-state index in [2.05, 4.69) is 0 Å². The van der Waals surface area contributed by atoms with Gasteiger partial charge in [0, 0.05) is 11.1 Å². The molecule has 0 saturated heterocycles. The van der Waals surface area contributed by atoms with Crippen molar-refractivity contribution in [2.75, 3.05) is 7.11 Å². The van der Waals surface area contributed by atoms with Gasteiger partial charge in [0.25, 0.3) is 0 Å². The monoisotopic (exact) mass is 308 g/mol. The van der Waals surface area contributed by atoms with E-state index in [9.17, 15) is 22.8 Å². The molecule has 2 aromatic rings. The first-order valence-electron chi connectivity index (χ1n) is 6.23. The Balaban J connectivity index is 2.21. The standard InChI is InChI=1S/C16H11F3O3/c1-22-13-8-4-11(5-9-13)15(21)14(20)10-2-6-12(7-3-10)16(17,18)19/h2-9H,1H3. The molecular formula is C16H11F3O3. The van der Waals surface area contributed by atoms with Crippen molar-refractivity contribution in [3.8, 4) is 5.75 Å². The maximum Gasteiger partial charge on any atom is 0.416 e. The molecule has 0 bridgehead atoms. The van der Waals surface area contributed by atoms with Crippen molar-refractivity contribution in [3.63, 3.8) is 0 Å². The van der Waals surface area contributed by atoms with E-state index in [1.165, 1.54) is 31.4 Å². The Hall–Kier alpha value is -2.63. The largest absolute Gasteiger partial charge is 0.497 e. The predicted molar refractivity (Wildman–Crippen MR) is 73.1 cm³/mol. The number of ketones is 2. The molecule has 0 aliphatic heterocycles. The van der Waals surface area contributed by atoms with Crippen LogP contribution in [0.15, 0.2) is 48.5 Å². The minimum absolute atomic E-state index is 0.0891. The van der Waals surface area contributed by atoms with Gasteiger partial charge in [-0.25, -0.2) is 0 Å². The molecule has 0 N–H and O–H groups in total. The van der Waals surface area contributed by atoms with E-state index in [1.807, 2.05) is 0 Å². The van der Waals surface area contributed by atoms with Gasteiger partial charge in [-0.05, 0) is 36.4 Å². The quantitative estimate of drug-likeness (QED) is 0.638. The SMILES string of the molecule is COc1ccc(C(=O)C(=O)c2ccc(C(F)(F)F)cc2)cc1. The number of halogens is 3. The third kappa shape index (κ3) is 3.33. The van der Waals surface area contributed by atoms with Crippen molar-refractivity contribution < 1.29 is 27.5 Å². The molecule has 0 spiro atoms. The molecule has 0 aliphatic rings. The Morgan fingerprint density at radius 2 is 1.23 bits per heavy atom. The minimum Gasteiger partial charge on any atom is -0.497 e. The summed E-state index contributed by atoms with van der Waals surface area (Å²) in [6.45, 7) is 0. The summed E-state index contributed by atoms with van der Waals surface area (Å²) in [6.07, 6.45) is -4.48. The summed E-state index contributed by atoms with van der Waals surface area (Å²) in [7, 11) is 1.46. The molecule has 0 fully saturated rings. The number of alkyl halides is 3. The third-order valence-corrected chi connectivity index (χ3v) is 3.03. The van der Waals surface area contributed by atoms with Gasteiger partial charge < -0.3 is 4.74 Å². The number of carbonyl (C=O) groups is 2. The Labute approximate surface area is 124 Å². The van der Waals surface area contributed by atoms with E-state index in [-0.39, 0.29) is 11.1 Å². The van der Waals surface area contributed by atoms with Gasteiger partial charge in [0.15, 0.2) is 0 Å². The second kappa shape index (κ2) is 6.01.